The molecule has 0 aromatic heterocycles. The Hall–Kier alpha value is -1.71. The van der Waals surface area contributed by atoms with Crippen molar-refractivity contribution in [3.63, 3.8) is 0 Å². The maximum atomic E-state index is 11.4. The van der Waals surface area contributed by atoms with Gasteiger partial charge in [0.2, 0.25) is 0 Å². The van der Waals surface area contributed by atoms with E-state index < -0.39 is 0 Å². The van der Waals surface area contributed by atoms with Crippen molar-refractivity contribution in [2.24, 2.45) is 0 Å². The average Bonchev–Trinajstić information content (AvgIpc) is 2.41. The minimum absolute atomic E-state index is 0.0813. The Morgan fingerprint density at radius 3 is 2.58 bits per heavy atom. The van der Waals surface area contributed by atoms with Gasteiger partial charge < -0.3 is 15.5 Å². The van der Waals surface area contributed by atoms with Gasteiger partial charge in [0, 0.05) is 31.9 Å². The van der Waals surface area contributed by atoms with E-state index in [9.17, 15) is 4.79 Å². The highest BCUT2D eigenvalue weighted by Crippen LogP contribution is 2.14. The summed E-state index contributed by atoms with van der Waals surface area (Å²) in [5.74, 6) is 0. The number of urea groups is 1. The molecular weight excluding hydrogens is 238 g/mol. The van der Waals surface area contributed by atoms with Crippen molar-refractivity contribution in [2.75, 3.05) is 31.1 Å². The van der Waals surface area contributed by atoms with Crippen molar-refractivity contribution in [1.82, 2.24) is 10.6 Å². The lowest BCUT2D eigenvalue weighted by Gasteiger charge is -2.23. The fraction of sp³-hybridized carbons (Fsp3) is 0.533. The van der Waals surface area contributed by atoms with E-state index in [0.29, 0.717) is 6.54 Å². The molecule has 0 aliphatic carbocycles. The summed E-state index contributed by atoms with van der Waals surface area (Å²) in [7, 11) is 0. The summed E-state index contributed by atoms with van der Waals surface area (Å²) < 4.78 is 0. The summed E-state index contributed by atoms with van der Waals surface area (Å²) in [6.07, 6.45) is 0.956. The number of hydrogen-bond donors (Lipinski definition) is 2. The number of aryl methyl sites for hydroxylation is 1. The Balaban J connectivity index is 2.39. The summed E-state index contributed by atoms with van der Waals surface area (Å²) >= 11 is 0. The van der Waals surface area contributed by atoms with Gasteiger partial charge in [-0.05, 0) is 38.0 Å². The minimum Gasteiger partial charge on any atom is -0.370 e. The second kappa shape index (κ2) is 8.40. The normalized spacial score (nSPS) is 10.1. The van der Waals surface area contributed by atoms with Crippen molar-refractivity contribution in [3.05, 3.63) is 29.8 Å². The molecule has 0 saturated carbocycles. The lowest BCUT2D eigenvalue weighted by molar-refractivity contribution is 0.241. The summed E-state index contributed by atoms with van der Waals surface area (Å²) in [6.45, 7) is 9.38. The Morgan fingerprint density at radius 1 is 1.21 bits per heavy atom. The van der Waals surface area contributed by atoms with Gasteiger partial charge in [-0.15, -0.1) is 0 Å². The highest BCUT2D eigenvalue weighted by Gasteiger charge is 2.05. The van der Waals surface area contributed by atoms with Crippen LogP contribution < -0.4 is 15.5 Å². The largest absolute Gasteiger partial charge is 0.370 e. The van der Waals surface area contributed by atoms with E-state index in [0.717, 1.165) is 26.1 Å². The van der Waals surface area contributed by atoms with Crippen molar-refractivity contribution in [1.29, 1.82) is 0 Å². The molecule has 106 valence electrons. The van der Waals surface area contributed by atoms with Gasteiger partial charge in [-0.3, -0.25) is 0 Å². The first-order valence-electron chi connectivity index (χ1n) is 7.00. The molecule has 0 aliphatic rings. The topological polar surface area (TPSA) is 44.4 Å². The third-order valence-corrected chi connectivity index (χ3v) is 2.95. The SMILES string of the molecule is CCCNC(=O)NCCN(CC)c1cccc(C)c1. The van der Waals surface area contributed by atoms with E-state index in [4.69, 9.17) is 0 Å². The quantitative estimate of drug-likeness (QED) is 0.794. The van der Waals surface area contributed by atoms with Crippen LogP contribution >= 0.6 is 0 Å². The van der Waals surface area contributed by atoms with Gasteiger partial charge in [0.1, 0.15) is 0 Å². The molecule has 0 heterocycles. The number of nitrogens with one attached hydrogen (secondary N) is 2. The van der Waals surface area contributed by atoms with Crippen LogP contribution in [-0.4, -0.2) is 32.2 Å². The molecule has 0 bridgehead atoms. The van der Waals surface area contributed by atoms with Crippen LogP contribution in [0.4, 0.5) is 10.5 Å². The Bertz CT molecular complexity index is 393. The third-order valence-electron chi connectivity index (χ3n) is 2.95. The van der Waals surface area contributed by atoms with Gasteiger partial charge in [-0.25, -0.2) is 4.79 Å². The lowest BCUT2D eigenvalue weighted by Crippen LogP contribution is -2.40. The maximum Gasteiger partial charge on any atom is 0.314 e. The first kappa shape index (κ1) is 15.3. The molecule has 0 spiro atoms. The second-order valence-corrected chi connectivity index (χ2v) is 4.60. The van der Waals surface area contributed by atoms with E-state index in [1.807, 2.05) is 6.92 Å². The summed E-state index contributed by atoms with van der Waals surface area (Å²) in [5.41, 5.74) is 2.46. The zero-order valence-electron chi connectivity index (χ0n) is 12.2. The number of anilines is 1. The van der Waals surface area contributed by atoms with Gasteiger partial charge in [0.05, 0.1) is 0 Å². The summed E-state index contributed by atoms with van der Waals surface area (Å²) in [5, 5.41) is 5.68. The number of carbonyl (C=O) groups is 1. The average molecular weight is 263 g/mol. The van der Waals surface area contributed by atoms with E-state index in [-0.39, 0.29) is 6.03 Å². The van der Waals surface area contributed by atoms with Crippen LogP contribution in [0.3, 0.4) is 0 Å². The Morgan fingerprint density at radius 2 is 1.95 bits per heavy atom. The zero-order chi connectivity index (χ0) is 14.1. The molecule has 1 rings (SSSR count). The van der Waals surface area contributed by atoms with Crippen molar-refractivity contribution in [3.8, 4) is 0 Å². The number of benzene rings is 1. The molecule has 1 aromatic carbocycles. The molecule has 1 aromatic rings. The number of amides is 2. The fourth-order valence-electron chi connectivity index (χ4n) is 1.90. The number of likely N-dealkylation sites (N-methyl/N-ethyl adjacent to an activating group) is 1. The van der Waals surface area contributed by atoms with Crippen LogP contribution in [-0.2, 0) is 0 Å². The van der Waals surface area contributed by atoms with Gasteiger partial charge >= 0.3 is 6.03 Å². The minimum atomic E-state index is -0.0813. The van der Waals surface area contributed by atoms with E-state index in [1.54, 1.807) is 0 Å². The van der Waals surface area contributed by atoms with E-state index >= 15 is 0 Å². The second-order valence-electron chi connectivity index (χ2n) is 4.60. The maximum absolute atomic E-state index is 11.4. The van der Waals surface area contributed by atoms with E-state index in [2.05, 4.69) is 53.6 Å². The van der Waals surface area contributed by atoms with Gasteiger partial charge in [0.25, 0.3) is 0 Å². The van der Waals surface area contributed by atoms with E-state index in [1.165, 1.54) is 11.3 Å². The molecule has 0 radical (unpaired) electrons. The van der Waals surface area contributed by atoms with Gasteiger partial charge in [-0.1, -0.05) is 19.1 Å². The summed E-state index contributed by atoms with van der Waals surface area (Å²) in [4.78, 5) is 13.7. The van der Waals surface area contributed by atoms with Crippen LogP contribution in [0.25, 0.3) is 0 Å². The molecule has 4 nitrogen and oxygen atoms in total. The molecule has 0 saturated heterocycles. The Labute approximate surface area is 116 Å². The van der Waals surface area contributed by atoms with Crippen LogP contribution in [0, 0.1) is 6.92 Å². The zero-order valence-corrected chi connectivity index (χ0v) is 12.2. The first-order valence-corrected chi connectivity index (χ1v) is 7.00. The van der Waals surface area contributed by atoms with Crippen LogP contribution in [0.2, 0.25) is 0 Å². The molecule has 0 atom stereocenters. The monoisotopic (exact) mass is 263 g/mol. The highest BCUT2D eigenvalue weighted by atomic mass is 16.2. The van der Waals surface area contributed by atoms with Crippen LogP contribution in [0.5, 0.6) is 0 Å². The van der Waals surface area contributed by atoms with Crippen molar-refractivity contribution < 1.29 is 4.79 Å². The lowest BCUT2D eigenvalue weighted by atomic mass is 10.2. The molecular formula is C15H25N3O. The molecule has 4 heteroatoms. The smallest absolute Gasteiger partial charge is 0.314 e. The standard InChI is InChI=1S/C15H25N3O/c1-4-9-16-15(19)17-10-11-18(5-2)14-8-6-7-13(3)12-14/h6-8,12H,4-5,9-11H2,1-3H3,(H2,16,17,19). The molecule has 2 N–H and O–H groups in total. The number of carbonyl (C=O) groups excluding carboxylic acids is 1. The molecule has 0 aliphatic heterocycles. The van der Waals surface area contributed by atoms with Crippen molar-refractivity contribution >= 4 is 11.7 Å². The number of rotatable bonds is 7. The molecule has 0 fully saturated rings. The molecule has 2 amide bonds. The Kier molecular flexibility index (Phi) is 6.79. The highest BCUT2D eigenvalue weighted by molar-refractivity contribution is 5.73. The summed E-state index contributed by atoms with van der Waals surface area (Å²) in [6, 6.07) is 8.35. The predicted molar refractivity (Wildman–Crippen MR) is 80.8 cm³/mol. The predicted octanol–water partition coefficient (Wildman–Crippen LogP) is 2.53. The number of nitrogens with zero attached hydrogens (tertiary/aromatic N) is 1. The molecule has 19 heavy (non-hydrogen) atoms. The van der Waals surface area contributed by atoms with Gasteiger partial charge in [-0.2, -0.15) is 0 Å². The number of hydrogen-bond acceptors (Lipinski definition) is 2. The van der Waals surface area contributed by atoms with Gasteiger partial charge in [0.15, 0.2) is 0 Å². The third kappa shape index (κ3) is 5.64. The van der Waals surface area contributed by atoms with Crippen LogP contribution in [0.15, 0.2) is 24.3 Å². The first-order chi connectivity index (χ1) is 9.17. The molecule has 0 unspecified atom stereocenters. The fourth-order valence-corrected chi connectivity index (χ4v) is 1.90. The van der Waals surface area contributed by atoms with Crippen LogP contribution in [0.1, 0.15) is 25.8 Å². The van der Waals surface area contributed by atoms with Crippen molar-refractivity contribution in [2.45, 2.75) is 27.2 Å².